The first kappa shape index (κ1) is 18.3. The van der Waals surface area contributed by atoms with Crippen molar-refractivity contribution in [2.24, 2.45) is 0 Å². The highest BCUT2D eigenvalue weighted by Gasteiger charge is 2.09. The molecular formula is C23H25N3O2. The molecule has 0 radical (unpaired) electrons. The number of anilines is 1. The molecule has 0 bridgehead atoms. The van der Waals surface area contributed by atoms with E-state index in [2.05, 4.69) is 45.3 Å². The van der Waals surface area contributed by atoms with E-state index in [0.29, 0.717) is 13.0 Å². The number of amides is 1. The minimum Gasteiger partial charge on any atom is -0.383 e. The number of hydrogen-bond donors (Lipinski definition) is 2. The van der Waals surface area contributed by atoms with Crippen LogP contribution in [0.25, 0.3) is 21.8 Å². The van der Waals surface area contributed by atoms with Crippen molar-refractivity contribution in [1.82, 2.24) is 9.55 Å². The second kappa shape index (κ2) is 8.31. The van der Waals surface area contributed by atoms with Gasteiger partial charge in [-0.2, -0.15) is 0 Å². The molecule has 2 N–H and O–H groups in total. The molecule has 4 aromatic rings. The largest absolute Gasteiger partial charge is 0.383 e. The van der Waals surface area contributed by atoms with Crippen LogP contribution in [0.3, 0.4) is 0 Å². The van der Waals surface area contributed by atoms with Crippen LogP contribution in [0.5, 0.6) is 0 Å². The van der Waals surface area contributed by atoms with E-state index >= 15 is 0 Å². The second-order valence-corrected chi connectivity index (χ2v) is 7.04. The van der Waals surface area contributed by atoms with Gasteiger partial charge in [0.25, 0.3) is 0 Å². The molecule has 144 valence electrons. The van der Waals surface area contributed by atoms with Crippen molar-refractivity contribution in [3.05, 3.63) is 66.5 Å². The Morgan fingerprint density at radius 2 is 2.07 bits per heavy atom. The first-order valence-electron chi connectivity index (χ1n) is 9.67. The second-order valence-electron chi connectivity index (χ2n) is 7.04. The summed E-state index contributed by atoms with van der Waals surface area (Å²) in [7, 11) is 1.72. The number of para-hydroxylation sites is 1. The summed E-state index contributed by atoms with van der Waals surface area (Å²) >= 11 is 0. The highest BCUT2D eigenvalue weighted by molar-refractivity contribution is 5.93. The number of benzene rings is 2. The maximum atomic E-state index is 12.3. The van der Waals surface area contributed by atoms with E-state index < -0.39 is 0 Å². The number of methoxy groups -OCH3 is 1. The third-order valence-electron chi connectivity index (χ3n) is 5.10. The van der Waals surface area contributed by atoms with E-state index in [-0.39, 0.29) is 5.91 Å². The highest BCUT2D eigenvalue weighted by atomic mass is 16.5. The molecule has 0 unspecified atom stereocenters. The summed E-state index contributed by atoms with van der Waals surface area (Å²) < 4.78 is 7.45. The Labute approximate surface area is 164 Å². The lowest BCUT2D eigenvalue weighted by atomic mass is 10.1. The van der Waals surface area contributed by atoms with Gasteiger partial charge in [0.2, 0.25) is 5.91 Å². The zero-order chi connectivity index (χ0) is 19.3. The molecule has 2 heterocycles. The molecule has 2 aromatic heterocycles. The summed E-state index contributed by atoms with van der Waals surface area (Å²) in [5, 5.41) is 5.40. The number of ether oxygens (including phenoxy) is 1. The van der Waals surface area contributed by atoms with Crippen molar-refractivity contribution in [3.8, 4) is 0 Å². The van der Waals surface area contributed by atoms with Gasteiger partial charge in [0.05, 0.1) is 6.61 Å². The standard InChI is InChI=1S/C23H25N3O2/c1-28-14-13-26-16-18(20-6-2-3-7-22(20)26)5-4-8-23(27)25-19-10-9-17-11-12-24-21(17)15-19/h2-3,6-7,9-12,15-16,24H,4-5,8,13-14H2,1H3,(H,25,27). The number of aromatic amines is 1. The number of aryl methyl sites for hydroxylation is 1. The van der Waals surface area contributed by atoms with Crippen molar-refractivity contribution >= 4 is 33.4 Å². The van der Waals surface area contributed by atoms with Gasteiger partial charge in [-0.25, -0.2) is 0 Å². The minimum absolute atomic E-state index is 0.0500. The molecule has 4 rings (SSSR count). The van der Waals surface area contributed by atoms with Gasteiger partial charge >= 0.3 is 0 Å². The van der Waals surface area contributed by atoms with Gasteiger partial charge in [0.15, 0.2) is 0 Å². The maximum absolute atomic E-state index is 12.3. The summed E-state index contributed by atoms with van der Waals surface area (Å²) in [5.41, 5.74) is 4.36. The van der Waals surface area contributed by atoms with Crippen LogP contribution in [-0.4, -0.2) is 29.2 Å². The third-order valence-corrected chi connectivity index (χ3v) is 5.10. The number of nitrogens with zero attached hydrogens (tertiary/aromatic N) is 1. The molecule has 0 fully saturated rings. The van der Waals surface area contributed by atoms with Gasteiger partial charge in [-0.1, -0.05) is 24.3 Å². The molecule has 5 nitrogen and oxygen atoms in total. The highest BCUT2D eigenvalue weighted by Crippen LogP contribution is 2.23. The average Bonchev–Trinajstić information content (AvgIpc) is 3.31. The Hall–Kier alpha value is -3.05. The Kier molecular flexibility index (Phi) is 5.44. The van der Waals surface area contributed by atoms with Crippen LogP contribution in [0.2, 0.25) is 0 Å². The predicted molar refractivity (Wildman–Crippen MR) is 114 cm³/mol. The SMILES string of the molecule is COCCn1cc(CCCC(=O)Nc2ccc3cc[nH]c3c2)c2ccccc21. The van der Waals surface area contributed by atoms with Gasteiger partial charge < -0.3 is 19.6 Å². The van der Waals surface area contributed by atoms with E-state index in [1.165, 1.54) is 16.5 Å². The summed E-state index contributed by atoms with van der Waals surface area (Å²) in [6, 6.07) is 16.4. The molecule has 0 aliphatic rings. The predicted octanol–water partition coefficient (Wildman–Crippen LogP) is 4.73. The lowest BCUT2D eigenvalue weighted by Crippen LogP contribution is -2.11. The van der Waals surface area contributed by atoms with Crippen LogP contribution >= 0.6 is 0 Å². The number of hydrogen-bond acceptors (Lipinski definition) is 2. The van der Waals surface area contributed by atoms with E-state index in [1.807, 2.05) is 30.5 Å². The molecular weight excluding hydrogens is 350 g/mol. The number of nitrogens with one attached hydrogen (secondary N) is 2. The summed E-state index contributed by atoms with van der Waals surface area (Å²) in [6.07, 6.45) is 6.29. The van der Waals surface area contributed by atoms with Crippen LogP contribution in [0.1, 0.15) is 18.4 Å². The summed E-state index contributed by atoms with van der Waals surface area (Å²) in [5.74, 6) is 0.0500. The van der Waals surface area contributed by atoms with Crippen LogP contribution < -0.4 is 5.32 Å². The van der Waals surface area contributed by atoms with Gasteiger partial charge in [-0.05, 0) is 48.1 Å². The van der Waals surface area contributed by atoms with Crippen LogP contribution in [0, 0.1) is 0 Å². The number of H-pyrrole nitrogens is 1. The Balaban J connectivity index is 1.37. The van der Waals surface area contributed by atoms with Crippen LogP contribution in [0.4, 0.5) is 5.69 Å². The minimum atomic E-state index is 0.0500. The van der Waals surface area contributed by atoms with Gasteiger partial charge in [0.1, 0.15) is 0 Å². The van der Waals surface area contributed by atoms with Crippen LogP contribution in [-0.2, 0) is 22.5 Å². The van der Waals surface area contributed by atoms with Gasteiger partial charge in [-0.15, -0.1) is 0 Å². The lowest BCUT2D eigenvalue weighted by Gasteiger charge is -2.05. The zero-order valence-electron chi connectivity index (χ0n) is 16.1. The number of carbonyl (C=O) groups is 1. The fraction of sp³-hybridized carbons (Fsp3) is 0.261. The average molecular weight is 375 g/mol. The number of carbonyl (C=O) groups excluding carboxylic acids is 1. The van der Waals surface area contributed by atoms with Gasteiger partial charge in [-0.3, -0.25) is 4.79 Å². The summed E-state index contributed by atoms with van der Waals surface area (Å²) in [6.45, 7) is 1.52. The molecule has 0 atom stereocenters. The molecule has 0 spiro atoms. The molecule has 0 aliphatic heterocycles. The van der Waals surface area contributed by atoms with E-state index in [9.17, 15) is 4.79 Å². The number of aromatic nitrogens is 2. The lowest BCUT2D eigenvalue weighted by molar-refractivity contribution is -0.116. The molecule has 0 saturated carbocycles. The van der Waals surface area contributed by atoms with E-state index in [1.54, 1.807) is 7.11 Å². The maximum Gasteiger partial charge on any atom is 0.224 e. The van der Waals surface area contributed by atoms with Crippen molar-refractivity contribution in [2.75, 3.05) is 19.0 Å². The normalized spacial score (nSPS) is 11.3. The first-order chi connectivity index (χ1) is 13.7. The Morgan fingerprint density at radius 1 is 1.18 bits per heavy atom. The molecule has 0 aliphatic carbocycles. The van der Waals surface area contributed by atoms with Crippen molar-refractivity contribution in [2.45, 2.75) is 25.8 Å². The number of rotatable bonds is 8. The van der Waals surface area contributed by atoms with E-state index in [0.717, 1.165) is 36.0 Å². The quantitative estimate of drug-likeness (QED) is 0.468. The molecule has 0 saturated heterocycles. The topological polar surface area (TPSA) is 59.0 Å². The smallest absolute Gasteiger partial charge is 0.224 e. The van der Waals surface area contributed by atoms with Crippen molar-refractivity contribution < 1.29 is 9.53 Å². The Morgan fingerprint density at radius 3 is 2.96 bits per heavy atom. The van der Waals surface area contributed by atoms with Crippen LogP contribution in [0.15, 0.2) is 60.9 Å². The fourth-order valence-corrected chi connectivity index (χ4v) is 3.69. The summed E-state index contributed by atoms with van der Waals surface area (Å²) in [4.78, 5) is 15.5. The third kappa shape index (κ3) is 3.94. The zero-order valence-corrected chi connectivity index (χ0v) is 16.1. The molecule has 28 heavy (non-hydrogen) atoms. The first-order valence-corrected chi connectivity index (χ1v) is 9.67. The monoisotopic (exact) mass is 375 g/mol. The van der Waals surface area contributed by atoms with Gasteiger partial charge in [0, 0.05) is 54.6 Å². The molecule has 2 aromatic carbocycles. The van der Waals surface area contributed by atoms with E-state index in [4.69, 9.17) is 4.74 Å². The van der Waals surface area contributed by atoms with Crippen molar-refractivity contribution in [1.29, 1.82) is 0 Å². The Bertz CT molecular complexity index is 1090. The molecule has 5 heteroatoms. The fourth-order valence-electron chi connectivity index (χ4n) is 3.69. The molecule has 1 amide bonds. The number of fused-ring (bicyclic) bond motifs is 2. The van der Waals surface area contributed by atoms with Crippen molar-refractivity contribution in [3.63, 3.8) is 0 Å².